The van der Waals surface area contributed by atoms with Gasteiger partial charge >= 0.3 is 0 Å². The van der Waals surface area contributed by atoms with Crippen LogP contribution >= 0.6 is 15.9 Å². The lowest BCUT2D eigenvalue weighted by atomic mass is 10.0. The van der Waals surface area contributed by atoms with Crippen LogP contribution < -0.4 is 4.74 Å². The van der Waals surface area contributed by atoms with Crippen molar-refractivity contribution in [3.8, 4) is 5.75 Å². The molecule has 0 aliphatic heterocycles. The van der Waals surface area contributed by atoms with Gasteiger partial charge in [0.25, 0.3) is 5.91 Å². The van der Waals surface area contributed by atoms with Gasteiger partial charge in [0.05, 0.1) is 10.0 Å². The van der Waals surface area contributed by atoms with Crippen LogP contribution in [0.3, 0.4) is 0 Å². The van der Waals surface area contributed by atoms with Crippen molar-refractivity contribution in [1.29, 1.82) is 0 Å². The molecule has 0 saturated heterocycles. The number of amides is 1. The fourth-order valence-electron chi connectivity index (χ4n) is 4.88. The zero-order chi connectivity index (χ0) is 27.5. The Hall–Kier alpha value is -4.50. The van der Waals surface area contributed by atoms with Crippen LogP contribution in [0.5, 0.6) is 5.75 Å². The number of H-pyrrole nitrogens is 1. The number of rotatable bonds is 9. The second-order valence-electron chi connectivity index (χ2n) is 9.47. The molecular weight excluding hydrogens is 570 g/mol. The van der Waals surface area contributed by atoms with Crippen LogP contribution in [-0.4, -0.2) is 31.4 Å². The van der Waals surface area contributed by atoms with Gasteiger partial charge in [-0.2, -0.15) is 0 Å². The van der Waals surface area contributed by atoms with Gasteiger partial charge in [0.2, 0.25) is 0 Å². The van der Waals surface area contributed by atoms with Crippen molar-refractivity contribution in [2.45, 2.75) is 33.0 Å². The number of hydrogen-bond acceptors (Lipinski definition) is 6. The number of aromatic amines is 1. The Morgan fingerprint density at radius 3 is 2.55 bits per heavy atom. The number of para-hydroxylation sites is 1. The molecular formula is C31H26BrN5O3. The maximum atomic E-state index is 14.2. The Balaban J connectivity index is 1.32. The highest BCUT2D eigenvalue weighted by Gasteiger charge is 2.25. The van der Waals surface area contributed by atoms with E-state index < -0.39 is 0 Å². The normalized spacial score (nSPS) is 11.2. The number of benzene rings is 4. The molecule has 0 unspecified atom stereocenters. The molecule has 6 aromatic rings. The topological polar surface area (TPSA) is 97.1 Å². The van der Waals surface area contributed by atoms with Gasteiger partial charge < -0.3 is 14.1 Å². The Bertz CT molecular complexity index is 1780. The van der Waals surface area contributed by atoms with E-state index in [4.69, 9.17) is 9.15 Å². The smallest absolute Gasteiger partial charge is 0.258 e. The highest BCUT2D eigenvalue weighted by molar-refractivity contribution is 9.10. The van der Waals surface area contributed by atoms with Gasteiger partial charge in [-0.25, -0.2) is 5.10 Å². The van der Waals surface area contributed by atoms with E-state index in [1.807, 2.05) is 84.6 Å². The van der Waals surface area contributed by atoms with Crippen molar-refractivity contribution in [3.05, 3.63) is 118 Å². The van der Waals surface area contributed by atoms with E-state index >= 15 is 0 Å². The Morgan fingerprint density at radius 1 is 0.950 bits per heavy atom. The predicted octanol–water partition coefficient (Wildman–Crippen LogP) is 6.85. The summed E-state index contributed by atoms with van der Waals surface area (Å²) in [6.07, 6.45) is 0.635. The lowest BCUT2D eigenvalue weighted by Crippen LogP contribution is -2.30. The number of nitrogens with zero attached hydrogens (tertiary/aromatic N) is 4. The third kappa shape index (κ3) is 5.20. The first-order chi connectivity index (χ1) is 19.6. The lowest BCUT2D eigenvalue weighted by molar-refractivity contribution is 0.0729. The number of aryl methyl sites for hydroxylation is 1. The first-order valence-corrected chi connectivity index (χ1v) is 13.8. The largest absolute Gasteiger partial charge is 0.484 e. The van der Waals surface area contributed by atoms with E-state index in [1.165, 1.54) is 0 Å². The van der Waals surface area contributed by atoms with Crippen LogP contribution in [0, 0.1) is 0 Å². The van der Waals surface area contributed by atoms with Gasteiger partial charge in [-0.15, -0.1) is 5.10 Å². The second kappa shape index (κ2) is 11.3. The summed E-state index contributed by atoms with van der Waals surface area (Å²) in [7, 11) is 0. The van der Waals surface area contributed by atoms with Crippen molar-refractivity contribution in [1.82, 2.24) is 25.5 Å². The number of fused-ring (bicyclic) bond motifs is 2. The zero-order valence-corrected chi connectivity index (χ0v) is 23.4. The van der Waals surface area contributed by atoms with Gasteiger partial charge in [0, 0.05) is 24.9 Å². The van der Waals surface area contributed by atoms with E-state index in [1.54, 1.807) is 0 Å². The molecule has 1 N–H and O–H groups in total. The maximum Gasteiger partial charge on any atom is 0.258 e. The van der Waals surface area contributed by atoms with E-state index in [-0.39, 0.29) is 12.5 Å². The van der Waals surface area contributed by atoms with Crippen molar-refractivity contribution in [2.24, 2.45) is 0 Å². The average molecular weight is 596 g/mol. The van der Waals surface area contributed by atoms with Gasteiger partial charge in [0.15, 0.2) is 5.82 Å². The first-order valence-electron chi connectivity index (χ1n) is 13.0. The molecule has 2 heterocycles. The fourth-order valence-corrected chi connectivity index (χ4v) is 5.49. The number of ether oxygens (including phenoxy) is 1. The molecule has 6 rings (SSSR count). The molecule has 0 bridgehead atoms. The zero-order valence-electron chi connectivity index (χ0n) is 21.8. The number of hydrogen-bond donors (Lipinski definition) is 1. The van der Waals surface area contributed by atoms with E-state index in [9.17, 15) is 4.79 Å². The summed E-state index contributed by atoms with van der Waals surface area (Å²) in [4.78, 5) is 16.1. The quantitative estimate of drug-likeness (QED) is 0.196. The minimum absolute atomic E-state index is 0.0439. The molecule has 40 heavy (non-hydrogen) atoms. The highest BCUT2D eigenvalue weighted by Crippen LogP contribution is 2.35. The molecule has 0 radical (unpaired) electrons. The Kier molecular flexibility index (Phi) is 7.29. The number of carbonyl (C=O) groups is 1. The number of aromatic nitrogens is 4. The van der Waals surface area contributed by atoms with Gasteiger partial charge in [-0.05, 0) is 66.5 Å². The summed E-state index contributed by atoms with van der Waals surface area (Å²) in [5.74, 6) is 1.90. The number of tetrazole rings is 1. The third-order valence-corrected chi connectivity index (χ3v) is 7.63. The Morgan fingerprint density at radius 2 is 1.75 bits per heavy atom. The minimum Gasteiger partial charge on any atom is -0.484 e. The maximum absolute atomic E-state index is 14.2. The van der Waals surface area contributed by atoms with Gasteiger partial charge in [-0.1, -0.05) is 73.7 Å². The molecule has 1 amide bonds. The van der Waals surface area contributed by atoms with Crippen LogP contribution in [-0.2, 0) is 26.1 Å². The predicted molar refractivity (Wildman–Crippen MR) is 156 cm³/mol. The van der Waals surface area contributed by atoms with Crippen molar-refractivity contribution in [2.75, 3.05) is 0 Å². The van der Waals surface area contributed by atoms with Gasteiger partial charge in [0.1, 0.15) is 23.7 Å². The number of nitrogens with one attached hydrogen (secondary N) is 1. The average Bonchev–Trinajstić information content (AvgIpc) is 3.64. The molecule has 0 aliphatic rings. The number of furan rings is 1. The molecule has 0 spiro atoms. The van der Waals surface area contributed by atoms with Crippen LogP contribution in [0.15, 0.2) is 93.8 Å². The third-order valence-electron chi connectivity index (χ3n) is 6.82. The van der Waals surface area contributed by atoms with Crippen LogP contribution in [0.4, 0.5) is 0 Å². The van der Waals surface area contributed by atoms with Gasteiger partial charge in [-0.3, -0.25) is 4.79 Å². The molecule has 4 aromatic carbocycles. The number of carbonyl (C=O) groups excluding carboxylic acids is 1. The monoisotopic (exact) mass is 595 g/mol. The minimum atomic E-state index is -0.0439. The summed E-state index contributed by atoms with van der Waals surface area (Å²) in [6.45, 7) is 3.17. The van der Waals surface area contributed by atoms with Crippen molar-refractivity contribution < 1.29 is 13.9 Å². The van der Waals surface area contributed by atoms with Crippen molar-refractivity contribution >= 4 is 43.6 Å². The van der Waals surface area contributed by atoms with E-state index in [0.717, 1.165) is 37.3 Å². The van der Waals surface area contributed by atoms with E-state index in [0.29, 0.717) is 42.4 Å². The van der Waals surface area contributed by atoms with Crippen LogP contribution in [0.2, 0.25) is 0 Å². The van der Waals surface area contributed by atoms with Crippen LogP contribution in [0.25, 0.3) is 21.7 Å². The molecule has 0 aliphatic carbocycles. The SMILES string of the molecule is CCc1oc2ccccc2c1C(=O)N(Cc1ccccc1)Cc1ccc2c(Br)c(OCc3nnn[nH]3)ccc2c1. The second-order valence-corrected chi connectivity index (χ2v) is 10.3. The summed E-state index contributed by atoms with van der Waals surface area (Å²) in [5, 5.41) is 16.6. The number of halogens is 1. The molecule has 0 atom stereocenters. The highest BCUT2D eigenvalue weighted by atomic mass is 79.9. The molecule has 2 aromatic heterocycles. The summed E-state index contributed by atoms with van der Waals surface area (Å²) in [6, 6.07) is 27.9. The molecule has 9 heteroatoms. The Labute approximate surface area is 239 Å². The molecule has 0 saturated carbocycles. The standard InChI is InChI=1S/C31H26BrN5O3/c1-2-25-29(24-10-6-7-11-26(24)40-25)31(38)37(17-20-8-4-3-5-9-20)18-21-12-14-23-22(16-21)13-15-27(30(23)32)39-19-28-33-35-36-34-28/h3-16H,2,17-19H2,1H3,(H,33,34,35,36). The van der Waals surface area contributed by atoms with Crippen molar-refractivity contribution in [3.63, 3.8) is 0 Å². The fraction of sp³-hybridized carbons (Fsp3) is 0.161. The summed E-state index contributed by atoms with van der Waals surface area (Å²) >= 11 is 3.69. The molecule has 200 valence electrons. The first kappa shape index (κ1) is 25.8. The molecule has 8 nitrogen and oxygen atoms in total. The summed E-state index contributed by atoms with van der Waals surface area (Å²) < 4.78 is 12.8. The van der Waals surface area contributed by atoms with Crippen LogP contribution in [0.1, 0.15) is 40.0 Å². The summed E-state index contributed by atoms with van der Waals surface area (Å²) in [5.41, 5.74) is 3.46. The lowest BCUT2D eigenvalue weighted by Gasteiger charge is -2.24. The van der Waals surface area contributed by atoms with E-state index in [2.05, 4.69) is 48.7 Å². The molecule has 0 fully saturated rings.